The number of halogens is 1. The average Bonchev–Trinajstić information content (AvgIpc) is 3.06. The van der Waals surface area contributed by atoms with Gasteiger partial charge in [0.05, 0.1) is 5.69 Å². The van der Waals surface area contributed by atoms with Crippen molar-refractivity contribution < 1.29 is 9.13 Å². The maximum absolute atomic E-state index is 12.9. The van der Waals surface area contributed by atoms with Crippen LogP contribution in [-0.4, -0.2) is 35.2 Å². The van der Waals surface area contributed by atoms with E-state index in [0.29, 0.717) is 18.0 Å². The molecule has 0 fully saturated rings. The number of likely N-dealkylation sites (N-methyl/N-ethyl adjacent to an activating group) is 1. The summed E-state index contributed by atoms with van der Waals surface area (Å²) >= 11 is 0. The highest BCUT2D eigenvalue weighted by molar-refractivity contribution is 5.63. The van der Waals surface area contributed by atoms with Gasteiger partial charge in [0.1, 0.15) is 17.3 Å². The molecule has 0 saturated heterocycles. The smallest absolute Gasteiger partial charge is 0.127 e. The third kappa shape index (κ3) is 4.43. The number of hydrogen-bond donors (Lipinski definition) is 2. The fourth-order valence-corrected chi connectivity index (χ4v) is 2.60. The van der Waals surface area contributed by atoms with Gasteiger partial charge < -0.3 is 15.4 Å². The van der Waals surface area contributed by atoms with Crippen molar-refractivity contribution in [2.45, 2.75) is 6.54 Å². The van der Waals surface area contributed by atoms with Crippen LogP contribution >= 0.6 is 0 Å². The van der Waals surface area contributed by atoms with Crippen LogP contribution in [0.25, 0.3) is 11.3 Å². The minimum absolute atomic E-state index is 0.284. The molecule has 130 valence electrons. The van der Waals surface area contributed by atoms with Crippen LogP contribution in [0.4, 0.5) is 4.39 Å². The first-order valence-electron chi connectivity index (χ1n) is 8.11. The van der Waals surface area contributed by atoms with Crippen LogP contribution in [0.1, 0.15) is 5.56 Å². The van der Waals surface area contributed by atoms with Crippen LogP contribution in [0.3, 0.4) is 0 Å². The number of rotatable bonds is 7. The molecule has 0 aliphatic heterocycles. The van der Waals surface area contributed by atoms with Gasteiger partial charge in [0.15, 0.2) is 0 Å². The maximum Gasteiger partial charge on any atom is 0.127 e. The summed E-state index contributed by atoms with van der Waals surface area (Å²) in [5, 5.41) is 7.29. The van der Waals surface area contributed by atoms with Gasteiger partial charge in [-0.1, -0.05) is 0 Å². The van der Waals surface area contributed by atoms with Gasteiger partial charge in [0, 0.05) is 37.0 Å². The van der Waals surface area contributed by atoms with Gasteiger partial charge in [-0.3, -0.25) is 5.10 Å². The summed E-state index contributed by atoms with van der Waals surface area (Å²) in [4.78, 5) is 2.15. The number of nitrogens with zero attached hydrogens (tertiary/aromatic N) is 2. The van der Waals surface area contributed by atoms with E-state index >= 15 is 0 Å². The molecule has 3 N–H and O–H groups in total. The Morgan fingerprint density at radius 2 is 1.72 bits per heavy atom. The molecule has 0 bridgehead atoms. The lowest BCUT2D eigenvalue weighted by Gasteiger charge is -2.15. The first kappa shape index (κ1) is 17.1. The predicted molar refractivity (Wildman–Crippen MR) is 95.9 cm³/mol. The molecule has 3 rings (SSSR count). The highest BCUT2D eigenvalue weighted by Crippen LogP contribution is 2.27. The Labute approximate surface area is 146 Å². The number of aromatic nitrogens is 2. The first-order chi connectivity index (χ1) is 12.2. The van der Waals surface area contributed by atoms with Crippen LogP contribution in [0.2, 0.25) is 0 Å². The van der Waals surface area contributed by atoms with Crippen LogP contribution < -0.4 is 10.5 Å². The predicted octanol–water partition coefficient (Wildman–Crippen LogP) is 3.40. The van der Waals surface area contributed by atoms with Crippen molar-refractivity contribution in [2.75, 3.05) is 20.1 Å². The molecule has 0 radical (unpaired) electrons. The lowest BCUT2D eigenvalue weighted by Crippen LogP contribution is -2.25. The summed E-state index contributed by atoms with van der Waals surface area (Å²) in [6.45, 7) is 2.23. The molecule has 6 heteroatoms. The van der Waals surface area contributed by atoms with E-state index in [1.54, 1.807) is 12.1 Å². The standard InChI is InChI=1S/C19H21FN4O/c1-24(11-10-21)13-15-12-22-23-19(15)14-2-6-17(7-3-14)25-18-8-4-16(20)5-9-18/h2-9,12H,10-11,13,21H2,1H3,(H,22,23). The van der Waals surface area contributed by atoms with Crippen molar-refractivity contribution in [3.05, 3.63) is 66.1 Å². The van der Waals surface area contributed by atoms with Gasteiger partial charge in [-0.05, 0) is 55.6 Å². The molecule has 25 heavy (non-hydrogen) atoms. The Morgan fingerprint density at radius 3 is 2.36 bits per heavy atom. The second-order valence-electron chi connectivity index (χ2n) is 5.87. The second kappa shape index (κ2) is 7.92. The largest absolute Gasteiger partial charge is 0.457 e. The monoisotopic (exact) mass is 340 g/mol. The number of nitrogens with one attached hydrogen (secondary N) is 1. The SMILES string of the molecule is CN(CCN)Cc1c[nH]nc1-c1ccc(Oc2ccc(F)cc2)cc1. The first-order valence-corrected chi connectivity index (χ1v) is 8.11. The highest BCUT2D eigenvalue weighted by Gasteiger charge is 2.10. The van der Waals surface area contributed by atoms with Gasteiger partial charge in [-0.15, -0.1) is 0 Å². The van der Waals surface area contributed by atoms with E-state index in [1.165, 1.54) is 12.1 Å². The lowest BCUT2D eigenvalue weighted by molar-refractivity contribution is 0.337. The van der Waals surface area contributed by atoms with Gasteiger partial charge in [0.2, 0.25) is 0 Å². The Bertz CT molecular complexity index is 799. The van der Waals surface area contributed by atoms with Crippen molar-refractivity contribution in [3.8, 4) is 22.8 Å². The van der Waals surface area contributed by atoms with E-state index in [4.69, 9.17) is 10.5 Å². The fraction of sp³-hybridized carbons (Fsp3) is 0.211. The van der Waals surface area contributed by atoms with Crippen molar-refractivity contribution >= 4 is 0 Å². The molecule has 0 amide bonds. The van der Waals surface area contributed by atoms with Crippen LogP contribution in [-0.2, 0) is 6.54 Å². The summed E-state index contributed by atoms with van der Waals surface area (Å²) in [6.07, 6.45) is 1.91. The minimum atomic E-state index is -0.284. The van der Waals surface area contributed by atoms with E-state index in [-0.39, 0.29) is 5.82 Å². The molecule has 0 aliphatic rings. The molecular formula is C19H21FN4O. The number of hydrogen-bond acceptors (Lipinski definition) is 4. The Hall–Kier alpha value is -2.70. The summed E-state index contributed by atoms with van der Waals surface area (Å²) in [6, 6.07) is 13.6. The summed E-state index contributed by atoms with van der Waals surface area (Å²) in [5.41, 5.74) is 8.63. The van der Waals surface area contributed by atoms with E-state index in [9.17, 15) is 4.39 Å². The zero-order valence-electron chi connectivity index (χ0n) is 14.1. The third-order valence-electron chi connectivity index (χ3n) is 3.85. The van der Waals surface area contributed by atoms with Crippen LogP contribution in [0.5, 0.6) is 11.5 Å². The fourth-order valence-electron chi connectivity index (χ4n) is 2.60. The number of nitrogens with two attached hydrogens (primary N) is 1. The Morgan fingerprint density at radius 1 is 1.08 bits per heavy atom. The minimum Gasteiger partial charge on any atom is -0.457 e. The summed E-state index contributed by atoms with van der Waals surface area (Å²) < 4.78 is 18.7. The highest BCUT2D eigenvalue weighted by atomic mass is 19.1. The Kier molecular flexibility index (Phi) is 5.42. The number of benzene rings is 2. The number of ether oxygens (including phenoxy) is 1. The van der Waals surface area contributed by atoms with Crippen LogP contribution in [0, 0.1) is 5.82 Å². The zero-order chi connectivity index (χ0) is 17.6. The second-order valence-corrected chi connectivity index (χ2v) is 5.87. The van der Waals surface area contributed by atoms with Crippen molar-refractivity contribution in [1.29, 1.82) is 0 Å². The number of aromatic amines is 1. The quantitative estimate of drug-likeness (QED) is 0.692. The van der Waals surface area contributed by atoms with Crippen molar-refractivity contribution in [2.24, 2.45) is 5.73 Å². The molecule has 0 spiro atoms. The van der Waals surface area contributed by atoms with E-state index in [0.717, 1.165) is 29.9 Å². The van der Waals surface area contributed by atoms with Crippen molar-refractivity contribution in [3.63, 3.8) is 0 Å². The Balaban J connectivity index is 1.72. The van der Waals surface area contributed by atoms with Gasteiger partial charge in [-0.25, -0.2) is 4.39 Å². The topological polar surface area (TPSA) is 67.2 Å². The zero-order valence-corrected chi connectivity index (χ0v) is 14.1. The van der Waals surface area contributed by atoms with Gasteiger partial charge in [0.25, 0.3) is 0 Å². The average molecular weight is 340 g/mol. The third-order valence-corrected chi connectivity index (χ3v) is 3.85. The normalized spacial score (nSPS) is 11.0. The molecule has 1 aromatic heterocycles. The molecular weight excluding hydrogens is 319 g/mol. The van der Waals surface area contributed by atoms with Gasteiger partial charge >= 0.3 is 0 Å². The molecule has 0 unspecified atom stereocenters. The van der Waals surface area contributed by atoms with E-state index in [2.05, 4.69) is 15.1 Å². The molecule has 5 nitrogen and oxygen atoms in total. The van der Waals surface area contributed by atoms with Crippen LogP contribution in [0.15, 0.2) is 54.7 Å². The molecule has 0 atom stereocenters. The van der Waals surface area contributed by atoms with Crippen molar-refractivity contribution in [1.82, 2.24) is 15.1 Å². The molecule has 3 aromatic rings. The summed E-state index contributed by atoms with van der Waals surface area (Å²) in [7, 11) is 2.03. The maximum atomic E-state index is 12.9. The molecule has 1 heterocycles. The lowest BCUT2D eigenvalue weighted by atomic mass is 10.1. The molecule has 2 aromatic carbocycles. The van der Waals surface area contributed by atoms with Gasteiger partial charge in [-0.2, -0.15) is 5.10 Å². The summed E-state index contributed by atoms with van der Waals surface area (Å²) in [5.74, 6) is 0.999. The van der Waals surface area contributed by atoms with E-state index < -0.39 is 0 Å². The molecule has 0 saturated carbocycles. The number of H-pyrrole nitrogens is 1. The molecule has 0 aliphatic carbocycles. The van der Waals surface area contributed by atoms with E-state index in [1.807, 2.05) is 37.5 Å².